The van der Waals surface area contributed by atoms with Crippen LogP contribution in [0.3, 0.4) is 0 Å². The Labute approximate surface area is 187 Å². The molecule has 3 heterocycles. The van der Waals surface area contributed by atoms with Gasteiger partial charge in [0.2, 0.25) is 5.91 Å². The quantitative estimate of drug-likeness (QED) is 0.528. The second-order valence-corrected chi connectivity index (χ2v) is 8.11. The molecule has 4 rings (SSSR count). The minimum atomic E-state index is -1.04. The van der Waals surface area contributed by atoms with E-state index in [2.05, 4.69) is 10.3 Å². The van der Waals surface area contributed by atoms with Crippen molar-refractivity contribution in [1.29, 1.82) is 0 Å². The number of fused-ring (bicyclic) bond motifs is 1. The van der Waals surface area contributed by atoms with Gasteiger partial charge in [0.1, 0.15) is 6.04 Å². The van der Waals surface area contributed by atoms with Gasteiger partial charge in [-0.3, -0.25) is 38.8 Å². The lowest BCUT2D eigenvalue weighted by Gasteiger charge is -2.22. The second-order valence-electron chi connectivity index (χ2n) is 7.11. The van der Waals surface area contributed by atoms with Gasteiger partial charge in [-0.2, -0.15) is 0 Å². The Morgan fingerprint density at radius 1 is 1.06 bits per heavy atom. The van der Waals surface area contributed by atoms with Crippen LogP contribution in [-0.4, -0.2) is 62.8 Å². The number of nitrogens with zero attached hydrogens (tertiary/aromatic N) is 3. The monoisotopic (exact) mass is 450 g/mol. The molecule has 2 aromatic rings. The van der Waals surface area contributed by atoms with Crippen molar-refractivity contribution < 1.29 is 24.0 Å². The molecule has 0 aliphatic carbocycles. The molecular weight excluding hydrogens is 432 g/mol. The molecular formula is C22H18N4O5S. The largest absolute Gasteiger partial charge is 0.353 e. The Morgan fingerprint density at radius 2 is 1.75 bits per heavy atom. The molecule has 2 aliphatic heterocycles. The Bertz CT molecular complexity index is 1130. The number of amides is 5. The van der Waals surface area contributed by atoms with E-state index in [1.165, 1.54) is 6.92 Å². The molecule has 0 spiro atoms. The number of pyridine rings is 1. The fourth-order valence-corrected chi connectivity index (χ4v) is 4.29. The Balaban J connectivity index is 1.35. The van der Waals surface area contributed by atoms with Gasteiger partial charge in [0.15, 0.2) is 0 Å². The van der Waals surface area contributed by atoms with Gasteiger partial charge >= 0.3 is 0 Å². The summed E-state index contributed by atoms with van der Waals surface area (Å²) in [6.45, 7) is 1.41. The standard InChI is InChI=1S/C22H18N4O5S/c1-13(26-19(28)15-6-2-3-7-16(15)20(26)29)18(27)24-9-10-25-21(30)17(32-22(25)31)11-14-5-4-8-23-12-14/h2-8,11-13H,9-10H2,1H3,(H,24,27)/b17-11+. The molecule has 1 unspecified atom stereocenters. The number of thioether (sulfide) groups is 1. The average molecular weight is 450 g/mol. The van der Waals surface area contributed by atoms with Gasteiger partial charge in [0.05, 0.1) is 16.0 Å². The number of imide groups is 2. The van der Waals surface area contributed by atoms with E-state index in [0.717, 1.165) is 21.6 Å². The van der Waals surface area contributed by atoms with Gasteiger partial charge in [0, 0.05) is 25.5 Å². The lowest BCUT2D eigenvalue weighted by molar-refractivity contribution is -0.126. The third-order valence-corrected chi connectivity index (χ3v) is 5.99. The number of carbonyl (C=O) groups excluding carboxylic acids is 5. The number of rotatable bonds is 6. The molecule has 2 aliphatic rings. The molecule has 0 bridgehead atoms. The van der Waals surface area contributed by atoms with E-state index in [-0.39, 0.29) is 29.1 Å². The molecule has 1 saturated heterocycles. The van der Waals surface area contributed by atoms with Crippen LogP contribution < -0.4 is 5.32 Å². The number of hydrogen-bond acceptors (Lipinski definition) is 7. The molecule has 1 aromatic carbocycles. The highest BCUT2D eigenvalue weighted by Crippen LogP contribution is 2.31. The zero-order valence-corrected chi connectivity index (χ0v) is 17.8. The van der Waals surface area contributed by atoms with Crippen molar-refractivity contribution in [3.63, 3.8) is 0 Å². The summed E-state index contributed by atoms with van der Waals surface area (Å²) >= 11 is 0.816. The van der Waals surface area contributed by atoms with Crippen LogP contribution in [0.2, 0.25) is 0 Å². The highest BCUT2D eigenvalue weighted by Gasteiger charge is 2.40. The van der Waals surface area contributed by atoms with E-state index in [1.54, 1.807) is 54.9 Å². The molecule has 1 atom stereocenters. The van der Waals surface area contributed by atoms with Gasteiger partial charge in [-0.1, -0.05) is 18.2 Å². The zero-order valence-electron chi connectivity index (χ0n) is 17.0. The number of hydrogen-bond donors (Lipinski definition) is 1. The fourth-order valence-electron chi connectivity index (χ4n) is 3.42. The van der Waals surface area contributed by atoms with Crippen molar-refractivity contribution >= 4 is 46.7 Å². The van der Waals surface area contributed by atoms with Crippen molar-refractivity contribution in [2.75, 3.05) is 13.1 Å². The minimum absolute atomic E-state index is 0.00937. The average Bonchev–Trinajstić information content (AvgIpc) is 3.21. The van der Waals surface area contributed by atoms with Crippen molar-refractivity contribution in [2.24, 2.45) is 0 Å². The number of benzene rings is 1. The van der Waals surface area contributed by atoms with Crippen LogP contribution >= 0.6 is 11.8 Å². The van der Waals surface area contributed by atoms with Gasteiger partial charge in [-0.25, -0.2) is 0 Å². The topological polar surface area (TPSA) is 117 Å². The van der Waals surface area contributed by atoms with Crippen LogP contribution in [0.4, 0.5) is 4.79 Å². The molecule has 0 radical (unpaired) electrons. The Hall–Kier alpha value is -3.79. The summed E-state index contributed by atoms with van der Waals surface area (Å²) in [5, 5.41) is 2.15. The first-order valence-electron chi connectivity index (χ1n) is 9.78. The lowest BCUT2D eigenvalue weighted by atomic mass is 10.1. The maximum absolute atomic E-state index is 12.5. The Morgan fingerprint density at radius 3 is 2.38 bits per heavy atom. The molecule has 1 N–H and O–H groups in total. The van der Waals surface area contributed by atoms with Crippen LogP contribution in [0.25, 0.3) is 6.08 Å². The van der Waals surface area contributed by atoms with Crippen molar-refractivity contribution in [1.82, 2.24) is 20.1 Å². The van der Waals surface area contributed by atoms with Gasteiger partial charge in [0.25, 0.3) is 23.0 Å². The zero-order chi connectivity index (χ0) is 22.8. The molecule has 10 heteroatoms. The third-order valence-electron chi connectivity index (χ3n) is 5.08. The molecule has 1 fully saturated rings. The van der Waals surface area contributed by atoms with E-state index < -0.39 is 34.9 Å². The summed E-state index contributed by atoms with van der Waals surface area (Å²) in [6.07, 6.45) is 4.77. The normalized spacial score (nSPS) is 17.8. The minimum Gasteiger partial charge on any atom is -0.353 e. The maximum Gasteiger partial charge on any atom is 0.293 e. The van der Waals surface area contributed by atoms with E-state index in [9.17, 15) is 24.0 Å². The van der Waals surface area contributed by atoms with E-state index >= 15 is 0 Å². The molecule has 0 saturated carbocycles. The molecule has 1 aromatic heterocycles. The molecule has 5 amide bonds. The van der Waals surface area contributed by atoms with Gasteiger partial charge in [-0.15, -0.1) is 0 Å². The first-order valence-corrected chi connectivity index (χ1v) is 10.6. The van der Waals surface area contributed by atoms with Crippen LogP contribution in [0.1, 0.15) is 33.2 Å². The smallest absolute Gasteiger partial charge is 0.293 e. The Kier molecular flexibility index (Phi) is 5.87. The highest BCUT2D eigenvalue weighted by molar-refractivity contribution is 8.18. The second kappa shape index (κ2) is 8.75. The summed E-state index contributed by atoms with van der Waals surface area (Å²) in [7, 11) is 0. The maximum atomic E-state index is 12.5. The van der Waals surface area contributed by atoms with Crippen LogP contribution in [-0.2, 0) is 9.59 Å². The molecule has 32 heavy (non-hydrogen) atoms. The number of aromatic nitrogens is 1. The lowest BCUT2D eigenvalue weighted by Crippen LogP contribution is -2.49. The molecule has 9 nitrogen and oxygen atoms in total. The van der Waals surface area contributed by atoms with E-state index in [1.807, 2.05) is 0 Å². The van der Waals surface area contributed by atoms with Crippen LogP contribution in [0, 0.1) is 0 Å². The van der Waals surface area contributed by atoms with Crippen LogP contribution in [0.5, 0.6) is 0 Å². The first kappa shape index (κ1) is 21.4. The summed E-state index contributed by atoms with van der Waals surface area (Å²) in [5.74, 6) is -2.07. The van der Waals surface area contributed by atoms with Gasteiger partial charge in [-0.05, 0) is 48.5 Å². The van der Waals surface area contributed by atoms with Crippen molar-refractivity contribution in [3.8, 4) is 0 Å². The predicted octanol–water partition coefficient (Wildman–Crippen LogP) is 1.92. The van der Waals surface area contributed by atoms with Gasteiger partial charge < -0.3 is 5.32 Å². The van der Waals surface area contributed by atoms with Crippen molar-refractivity contribution in [2.45, 2.75) is 13.0 Å². The third kappa shape index (κ3) is 3.92. The fraction of sp³-hybridized carbons (Fsp3) is 0.182. The summed E-state index contributed by atoms with van der Waals surface area (Å²) in [6, 6.07) is 8.83. The van der Waals surface area contributed by atoms with Crippen LogP contribution in [0.15, 0.2) is 53.7 Å². The number of carbonyl (C=O) groups is 5. The first-order chi connectivity index (χ1) is 15.4. The summed E-state index contributed by atoms with van der Waals surface area (Å²) in [4.78, 5) is 68.5. The van der Waals surface area contributed by atoms with Crippen molar-refractivity contribution in [3.05, 3.63) is 70.4 Å². The summed E-state index contributed by atoms with van der Waals surface area (Å²) in [5.41, 5.74) is 1.21. The van der Waals surface area contributed by atoms with E-state index in [4.69, 9.17) is 0 Å². The highest BCUT2D eigenvalue weighted by atomic mass is 32.2. The molecule has 162 valence electrons. The predicted molar refractivity (Wildman–Crippen MR) is 116 cm³/mol. The number of nitrogens with one attached hydrogen (secondary N) is 1. The summed E-state index contributed by atoms with van der Waals surface area (Å²) < 4.78 is 0. The SMILES string of the molecule is CC(C(=O)NCCN1C(=O)S/C(=C/c2cccnc2)C1=O)N1C(=O)c2ccccc2C1=O. The van der Waals surface area contributed by atoms with E-state index in [0.29, 0.717) is 5.56 Å².